The minimum atomic E-state index is -0.0286. The summed E-state index contributed by atoms with van der Waals surface area (Å²) >= 11 is 7.45. The van der Waals surface area contributed by atoms with Gasteiger partial charge in [-0.2, -0.15) is 15.0 Å². The molecule has 0 saturated carbocycles. The van der Waals surface area contributed by atoms with E-state index in [2.05, 4.69) is 25.7 Å². The molecule has 2 heterocycles. The number of nitrogens with zero attached hydrogens (tertiary/aromatic N) is 3. The van der Waals surface area contributed by atoms with Crippen LogP contribution in [0.25, 0.3) is 0 Å². The largest absolute Gasteiger partial charge is 0.461 e. The van der Waals surface area contributed by atoms with Crippen molar-refractivity contribution in [3.63, 3.8) is 0 Å². The van der Waals surface area contributed by atoms with E-state index < -0.39 is 0 Å². The van der Waals surface area contributed by atoms with Crippen molar-refractivity contribution in [1.29, 1.82) is 0 Å². The standard InChI is InChI=1S/C12H17ClN6OS/c1-7(2)20-12-17-10(16-11(18-12)19-14)15-6-5-8-3-4-9(13)21-8/h3-4,7H,5-6,14H2,1-2H3,(H2,15,16,17,18,19). The maximum Gasteiger partial charge on any atom is 0.323 e. The van der Waals surface area contributed by atoms with Crippen molar-refractivity contribution in [2.75, 3.05) is 17.3 Å². The molecule has 0 amide bonds. The van der Waals surface area contributed by atoms with Gasteiger partial charge in [-0.25, -0.2) is 5.84 Å². The van der Waals surface area contributed by atoms with Gasteiger partial charge in [-0.3, -0.25) is 5.43 Å². The van der Waals surface area contributed by atoms with Gasteiger partial charge in [0.1, 0.15) is 0 Å². The molecule has 2 rings (SSSR count). The molecule has 2 aromatic rings. The van der Waals surface area contributed by atoms with E-state index in [0.717, 1.165) is 10.8 Å². The molecule has 0 bridgehead atoms. The highest BCUT2D eigenvalue weighted by Crippen LogP contribution is 2.21. The lowest BCUT2D eigenvalue weighted by atomic mass is 10.3. The van der Waals surface area contributed by atoms with E-state index in [9.17, 15) is 0 Å². The number of hydrogen-bond acceptors (Lipinski definition) is 8. The predicted molar refractivity (Wildman–Crippen MR) is 84.9 cm³/mol. The van der Waals surface area contributed by atoms with Crippen LogP contribution in [0.2, 0.25) is 4.34 Å². The number of ether oxygens (including phenoxy) is 1. The highest BCUT2D eigenvalue weighted by atomic mass is 35.5. The Morgan fingerprint density at radius 1 is 1.29 bits per heavy atom. The lowest BCUT2D eigenvalue weighted by Crippen LogP contribution is -2.17. The maximum atomic E-state index is 5.89. The van der Waals surface area contributed by atoms with Crippen molar-refractivity contribution in [2.45, 2.75) is 26.4 Å². The number of nitrogens with two attached hydrogens (primary N) is 1. The minimum Gasteiger partial charge on any atom is -0.461 e. The van der Waals surface area contributed by atoms with Crippen LogP contribution in [-0.2, 0) is 6.42 Å². The average molecular weight is 329 g/mol. The second kappa shape index (κ2) is 7.39. The molecule has 0 unspecified atom stereocenters. The molecule has 0 aliphatic heterocycles. The van der Waals surface area contributed by atoms with E-state index in [4.69, 9.17) is 22.2 Å². The maximum absolute atomic E-state index is 5.89. The quantitative estimate of drug-likeness (QED) is 0.530. The summed E-state index contributed by atoms with van der Waals surface area (Å²) in [6.07, 6.45) is 0.800. The van der Waals surface area contributed by atoms with E-state index >= 15 is 0 Å². The van der Waals surface area contributed by atoms with Crippen LogP contribution >= 0.6 is 22.9 Å². The molecule has 114 valence electrons. The predicted octanol–water partition coefficient (Wildman–Crippen LogP) is 2.31. The molecule has 0 atom stereocenters. The molecule has 0 fully saturated rings. The molecule has 0 aliphatic carbocycles. The highest BCUT2D eigenvalue weighted by Gasteiger charge is 2.08. The van der Waals surface area contributed by atoms with E-state index in [0.29, 0.717) is 12.5 Å². The monoisotopic (exact) mass is 328 g/mol. The third-order valence-corrected chi connectivity index (χ3v) is 3.66. The molecular formula is C12H17ClN6OS. The third kappa shape index (κ3) is 5.00. The first-order valence-corrected chi connectivity index (χ1v) is 7.63. The van der Waals surface area contributed by atoms with Gasteiger partial charge in [0.05, 0.1) is 10.4 Å². The van der Waals surface area contributed by atoms with Crippen LogP contribution in [0.1, 0.15) is 18.7 Å². The molecular weight excluding hydrogens is 312 g/mol. The fourth-order valence-electron chi connectivity index (χ4n) is 1.55. The summed E-state index contributed by atoms with van der Waals surface area (Å²) < 4.78 is 6.24. The smallest absolute Gasteiger partial charge is 0.323 e. The molecule has 0 aliphatic rings. The first-order valence-electron chi connectivity index (χ1n) is 6.44. The molecule has 0 radical (unpaired) electrons. The molecule has 21 heavy (non-hydrogen) atoms. The average Bonchev–Trinajstić information content (AvgIpc) is 2.83. The summed E-state index contributed by atoms with van der Waals surface area (Å²) in [4.78, 5) is 13.5. The molecule has 9 heteroatoms. The van der Waals surface area contributed by atoms with Gasteiger partial charge in [0.15, 0.2) is 0 Å². The SMILES string of the molecule is CC(C)Oc1nc(NN)nc(NCCc2ccc(Cl)s2)n1. The molecule has 0 saturated heterocycles. The van der Waals surface area contributed by atoms with Gasteiger partial charge in [-0.1, -0.05) is 11.6 Å². The van der Waals surface area contributed by atoms with Crippen LogP contribution in [0.15, 0.2) is 12.1 Å². The van der Waals surface area contributed by atoms with Gasteiger partial charge < -0.3 is 10.1 Å². The van der Waals surface area contributed by atoms with E-state index in [-0.39, 0.29) is 18.1 Å². The van der Waals surface area contributed by atoms with Crippen molar-refractivity contribution in [3.05, 3.63) is 21.3 Å². The summed E-state index contributed by atoms with van der Waals surface area (Å²) in [7, 11) is 0. The lowest BCUT2D eigenvalue weighted by molar-refractivity contribution is 0.222. The number of hydrogen-bond donors (Lipinski definition) is 3. The Morgan fingerprint density at radius 3 is 2.67 bits per heavy atom. The van der Waals surface area contributed by atoms with Gasteiger partial charge in [0.25, 0.3) is 0 Å². The molecule has 0 aromatic carbocycles. The van der Waals surface area contributed by atoms with Crippen LogP contribution in [0, 0.1) is 0 Å². The number of nitrogen functional groups attached to an aromatic ring is 1. The number of thiophene rings is 1. The first kappa shape index (κ1) is 15.7. The van der Waals surface area contributed by atoms with Crippen LogP contribution in [-0.4, -0.2) is 27.6 Å². The van der Waals surface area contributed by atoms with E-state index in [1.807, 2.05) is 26.0 Å². The van der Waals surface area contributed by atoms with E-state index in [1.165, 1.54) is 4.88 Å². The highest BCUT2D eigenvalue weighted by molar-refractivity contribution is 7.16. The number of anilines is 2. The van der Waals surface area contributed by atoms with Crippen LogP contribution < -0.4 is 21.3 Å². The van der Waals surface area contributed by atoms with Gasteiger partial charge >= 0.3 is 6.01 Å². The second-order valence-corrected chi connectivity index (χ2v) is 6.26. The molecule has 4 N–H and O–H groups in total. The summed E-state index contributed by atoms with van der Waals surface area (Å²) in [6.45, 7) is 4.46. The van der Waals surface area contributed by atoms with Gasteiger partial charge in [-0.15, -0.1) is 11.3 Å². The Labute approximate surface area is 131 Å². The number of halogens is 1. The van der Waals surface area contributed by atoms with Gasteiger partial charge in [0, 0.05) is 11.4 Å². The fourth-order valence-corrected chi connectivity index (χ4v) is 2.63. The number of rotatable bonds is 7. The summed E-state index contributed by atoms with van der Waals surface area (Å²) in [5.74, 6) is 6.01. The second-order valence-electron chi connectivity index (χ2n) is 4.46. The summed E-state index contributed by atoms with van der Waals surface area (Å²) in [6, 6.07) is 4.12. The Balaban J connectivity index is 1.97. The number of hydrazine groups is 1. The Kier molecular flexibility index (Phi) is 5.54. The van der Waals surface area contributed by atoms with Crippen molar-refractivity contribution < 1.29 is 4.74 Å². The third-order valence-electron chi connectivity index (χ3n) is 2.37. The Hall–Kier alpha value is -1.64. The van der Waals surface area contributed by atoms with Crippen LogP contribution in [0.5, 0.6) is 6.01 Å². The normalized spacial score (nSPS) is 10.7. The van der Waals surface area contributed by atoms with Crippen LogP contribution in [0.4, 0.5) is 11.9 Å². The molecule has 0 spiro atoms. The Bertz CT molecular complexity index is 591. The molecule has 7 nitrogen and oxygen atoms in total. The fraction of sp³-hybridized carbons (Fsp3) is 0.417. The van der Waals surface area contributed by atoms with Gasteiger partial charge in [-0.05, 0) is 32.4 Å². The summed E-state index contributed by atoms with van der Waals surface area (Å²) in [5, 5.41) is 3.12. The van der Waals surface area contributed by atoms with Crippen LogP contribution in [0.3, 0.4) is 0 Å². The zero-order valence-corrected chi connectivity index (χ0v) is 13.3. The number of nitrogens with one attached hydrogen (secondary N) is 2. The van der Waals surface area contributed by atoms with Crippen molar-refractivity contribution in [1.82, 2.24) is 15.0 Å². The summed E-state index contributed by atoms with van der Waals surface area (Å²) in [5.41, 5.74) is 2.39. The topological polar surface area (TPSA) is 98.0 Å². The van der Waals surface area contributed by atoms with Crippen molar-refractivity contribution in [3.8, 4) is 6.01 Å². The Morgan fingerprint density at radius 2 is 2.05 bits per heavy atom. The zero-order chi connectivity index (χ0) is 15.2. The number of aromatic nitrogens is 3. The van der Waals surface area contributed by atoms with E-state index in [1.54, 1.807) is 11.3 Å². The van der Waals surface area contributed by atoms with Gasteiger partial charge in [0.2, 0.25) is 11.9 Å². The molecule has 2 aromatic heterocycles. The zero-order valence-electron chi connectivity index (χ0n) is 11.8. The van der Waals surface area contributed by atoms with Crippen molar-refractivity contribution >= 4 is 34.8 Å². The first-order chi connectivity index (χ1) is 10.1. The lowest BCUT2D eigenvalue weighted by Gasteiger charge is -2.10. The van der Waals surface area contributed by atoms with Crippen molar-refractivity contribution in [2.24, 2.45) is 5.84 Å². The minimum absolute atomic E-state index is 0.0286.